The number of nitrogens with one attached hydrogen (secondary N) is 1. The van der Waals surface area contributed by atoms with Crippen LogP contribution in [0.1, 0.15) is 18.0 Å². The third kappa shape index (κ3) is 1.30. The second-order valence-corrected chi connectivity index (χ2v) is 3.27. The molecule has 0 bridgehead atoms. The summed E-state index contributed by atoms with van der Waals surface area (Å²) in [5.41, 5.74) is 0.578. The largest absolute Gasteiger partial charge is 0.310 e. The average molecular weight is 187 g/mol. The van der Waals surface area contributed by atoms with Crippen molar-refractivity contribution in [3.05, 3.63) is 28.8 Å². The van der Waals surface area contributed by atoms with Crippen LogP contribution in [0.3, 0.4) is 0 Å². The van der Waals surface area contributed by atoms with Crippen LogP contribution >= 0.6 is 11.6 Å². The third-order valence-electron chi connectivity index (χ3n) is 2.03. The normalized spacial score (nSPS) is 22.0. The van der Waals surface area contributed by atoms with Crippen LogP contribution < -0.4 is 5.32 Å². The molecule has 1 unspecified atom stereocenters. The summed E-state index contributed by atoms with van der Waals surface area (Å²) in [5, 5.41) is 3.58. The molecule has 1 aliphatic heterocycles. The first kappa shape index (κ1) is 7.95. The SMILES string of the molecule is Fc1ncc(Cl)cc1C1CCN1. The van der Waals surface area contributed by atoms with Crippen LogP contribution in [0.25, 0.3) is 0 Å². The van der Waals surface area contributed by atoms with Crippen molar-refractivity contribution < 1.29 is 4.39 Å². The van der Waals surface area contributed by atoms with Gasteiger partial charge in [0.25, 0.3) is 0 Å². The van der Waals surface area contributed by atoms with Crippen molar-refractivity contribution in [2.75, 3.05) is 6.54 Å². The van der Waals surface area contributed by atoms with E-state index in [9.17, 15) is 4.39 Å². The third-order valence-corrected chi connectivity index (χ3v) is 2.24. The zero-order valence-corrected chi connectivity index (χ0v) is 7.11. The summed E-state index contributed by atoms with van der Waals surface area (Å²) in [7, 11) is 0. The first-order valence-electron chi connectivity index (χ1n) is 3.81. The van der Waals surface area contributed by atoms with E-state index in [0.29, 0.717) is 10.6 Å². The van der Waals surface area contributed by atoms with Crippen molar-refractivity contribution >= 4 is 11.6 Å². The molecule has 1 aliphatic rings. The van der Waals surface area contributed by atoms with Gasteiger partial charge in [0, 0.05) is 17.8 Å². The molecule has 1 aromatic heterocycles. The highest BCUT2D eigenvalue weighted by Gasteiger charge is 2.22. The minimum Gasteiger partial charge on any atom is -0.310 e. The van der Waals surface area contributed by atoms with Crippen molar-refractivity contribution in [2.45, 2.75) is 12.5 Å². The van der Waals surface area contributed by atoms with Crippen molar-refractivity contribution in [1.29, 1.82) is 0 Å². The highest BCUT2D eigenvalue weighted by molar-refractivity contribution is 6.30. The molecule has 1 fully saturated rings. The number of hydrogen-bond acceptors (Lipinski definition) is 2. The van der Waals surface area contributed by atoms with E-state index in [1.54, 1.807) is 6.07 Å². The molecule has 2 heterocycles. The van der Waals surface area contributed by atoms with Crippen molar-refractivity contribution in [3.63, 3.8) is 0 Å². The summed E-state index contributed by atoms with van der Waals surface area (Å²) in [6, 6.07) is 1.73. The van der Waals surface area contributed by atoms with E-state index in [-0.39, 0.29) is 6.04 Å². The number of nitrogens with zero attached hydrogens (tertiary/aromatic N) is 1. The van der Waals surface area contributed by atoms with Crippen LogP contribution in [0.4, 0.5) is 4.39 Å². The Hall–Kier alpha value is -0.670. The predicted molar refractivity (Wildman–Crippen MR) is 44.6 cm³/mol. The molecule has 1 saturated heterocycles. The van der Waals surface area contributed by atoms with Crippen LogP contribution in [0.2, 0.25) is 5.02 Å². The Morgan fingerprint density at radius 1 is 1.67 bits per heavy atom. The van der Waals surface area contributed by atoms with Gasteiger partial charge in [0.05, 0.1) is 5.02 Å². The fourth-order valence-corrected chi connectivity index (χ4v) is 1.40. The van der Waals surface area contributed by atoms with Gasteiger partial charge in [-0.25, -0.2) is 4.98 Å². The molecule has 12 heavy (non-hydrogen) atoms. The minimum atomic E-state index is -0.420. The summed E-state index contributed by atoms with van der Waals surface area (Å²) in [6.45, 7) is 0.941. The summed E-state index contributed by atoms with van der Waals surface area (Å²) >= 11 is 5.69. The van der Waals surface area contributed by atoms with E-state index >= 15 is 0 Å². The van der Waals surface area contributed by atoms with E-state index in [1.807, 2.05) is 0 Å². The quantitative estimate of drug-likeness (QED) is 0.678. The molecule has 0 saturated carbocycles. The summed E-state index contributed by atoms with van der Waals surface area (Å²) in [4.78, 5) is 3.54. The highest BCUT2D eigenvalue weighted by atomic mass is 35.5. The maximum Gasteiger partial charge on any atom is 0.217 e. The van der Waals surface area contributed by atoms with Crippen molar-refractivity contribution in [1.82, 2.24) is 10.3 Å². The molecule has 1 atom stereocenters. The smallest absolute Gasteiger partial charge is 0.217 e. The van der Waals surface area contributed by atoms with Gasteiger partial charge >= 0.3 is 0 Å². The van der Waals surface area contributed by atoms with E-state index in [2.05, 4.69) is 10.3 Å². The second kappa shape index (κ2) is 2.99. The van der Waals surface area contributed by atoms with Crippen LogP contribution in [-0.4, -0.2) is 11.5 Å². The Labute approximate surface area is 74.8 Å². The number of rotatable bonds is 1. The summed E-state index contributed by atoms with van der Waals surface area (Å²) in [5.74, 6) is -0.420. The Kier molecular flexibility index (Phi) is 1.98. The van der Waals surface area contributed by atoms with Crippen LogP contribution in [0.5, 0.6) is 0 Å². The fourth-order valence-electron chi connectivity index (χ4n) is 1.24. The van der Waals surface area contributed by atoms with Crippen molar-refractivity contribution in [2.24, 2.45) is 0 Å². The van der Waals surface area contributed by atoms with Gasteiger partial charge in [0.15, 0.2) is 0 Å². The van der Waals surface area contributed by atoms with Crippen LogP contribution in [-0.2, 0) is 0 Å². The fraction of sp³-hybridized carbons (Fsp3) is 0.375. The molecule has 0 amide bonds. The molecule has 2 rings (SSSR count). The van der Waals surface area contributed by atoms with Gasteiger partial charge in [0.1, 0.15) is 0 Å². The lowest BCUT2D eigenvalue weighted by atomic mass is 10.00. The summed E-state index contributed by atoms with van der Waals surface area (Å²) in [6.07, 6.45) is 2.28. The van der Waals surface area contributed by atoms with Gasteiger partial charge in [-0.15, -0.1) is 0 Å². The molecule has 4 heteroatoms. The number of halogens is 2. The van der Waals surface area contributed by atoms with Gasteiger partial charge < -0.3 is 5.32 Å². The Morgan fingerprint density at radius 3 is 3.00 bits per heavy atom. The Bertz CT molecular complexity index is 299. The second-order valence-electron chi connectivity index (χ2n) is 2.83. The number of hydrogen-bond donors (Lipinski definition) is 1. The predicted octanol–water partition coefficient (Wildman–Crippen LogP) is 1.91. The minimum absolute atomic E-state index is 0.108. The van der Waals surface area contributed by atoms with Gasteiger partial charge in [0.2, 0.25) is 5.95 Å². The molecule has 0 spiro atoms. The highest BCUT2D eigenvalue weighted by Crippen LogP contribution is 2.26. The topological polar surface area (TPSA) is 24.9 Å². The number of aromatic nitrogens is 1. The summed E-state index contributed by atoms with van der Waals surface area (Å²) < 4.78 is 13.0. The molecule has 1 aromatic rings. The monoisotopic (exact) mass is 186 g/mol. The Balaban J connectivity index is 2.34. The van der Waals surface area contributed by atoms with Gasteiger partial charge in [-0.3, -0.25) is 0 Å². The maximum atomic E-state index is 13.0. The molecular formula is C8H8ClFN2. The molecule has 2 nitrogen and oxygen atoms in total. The molecule has 0 radical (unpaired) electrons. The average Bonchev–Trinajstić information content (AvgIpc) is 1.93. The maximum absolute atomic E-state index is 13.0. The van der Waals surface area contributed by atoms with Gasteiger partial charge in [-0.1, -0.05) is 11.6 Å². The van der Waals surface area contributed by atoms with E-state index < -0.39 is 5.95 Å². The van der Waals surface area contributed by atoms with E-state index in [1.165, 1.54) is 6.20 Å². The van der Waals surface area contributed by atoms with Crippen LogP contribution in [0, 0.1) is 5.95 Å². The van der Waals surface area contributed by atoms with Gasteiger partial charge in [-0.05, 0) is 19.0 Å². The molecule has 0 aliphatic carbocycles. The number of pyridine rings is 1. The van der Waals surface area contributed by atoms with Crippen LogP contribution in [0.15, 0.2) is 12.3 Å². The lowest BCUT2D eigenvalue weighted by Gasteiger charge is -2.27. The first-order chi connectivity index (χ1) is 5.77. The lowest BCUT2D eigenvalue weighted by molar-refractivity contribution is 0.366. The Morgan fingerprint density at radius 2 is 2.42 bits per heavy atom. The molecular weight excluding hydrogens is 179 g/mol. The lowest BCUT2D eigenvalue weighted by Crippen LogP contribution is -2.35. The molecule has 0 aromatic carbocycles. The zero-order chi connectivity index (χ0) is 8.55. The molecule has 64 valence electrons. The zero-order valence-electron chi connectivity index (χ0n) is 6.35. The first-order valence-corrected chi connectivity index (χ1v) is 4.19. The van der Waals surface area contributed by atoms with Crippen molar-refractivity contribution in [3.8, 4) is 0 Å². The molecule has 1 N–H and O–H groups in total. The van der Waals surface area contributed by atoms with E-state index in [4.69, 9.17) is 11.6 Å². The van der Waals surface area contributed by atoms with E-state index in [0.717, 1.165) is 13.0 Å². The van der Waals surface area contributed by atoms with Gasteiger partial charge in [-0.2, -0.15) is 4.39 Å². The standard InChI is InChI=1S/C8H8ClFN2/c9-5-3-6(7-1-2-11-7)8(10)12-4-5/h3-4,7,11H,1-2H2.